The van der Waals surface area contributed by atoms with Crippen LogP contribution >= 0.6 is 11.6 Å². The number of carbonyl (C=O) groups is 1. The zero-order chi connectivity index (χ0) is 13.7. The molecule has 0 aromatic heterocycles. The first-order chi connectivity index (χ1) is 9.19. The van der Waals surface area contributed by atoms with E-state index in [-0.39, 0.29) is 18.1 Å². The molecule has 1 N–H and O–H groups in total. The largest absolute Gasteiger partial charge is 0.466 e. The number of halogens is 1. The summed E-state index contributed by atoms with van der Waals surface area (Å²) < 4.78 is 10.1. The number of hydrogen-bond acceptors (Lipinski definition) is 4. The van der Waals surface area contributed by atoms with Gasteiger partial charge in [0.1, 0.15) is 0 Å². The van der Waals surface area contributed by atoms with Crippen LogP contribution in [0.15, 0.2) is 36.4 Å². The molecule has 2 unspecified atom stereocenters. The highest BCUT2D eigenvalue weighted by molar-refractivity contribution is 6.30. The van der Waals surface area contributed by atoms with E-state index in [0.717, 1.165) is 5.56 Å². The van der Waals surface area contributed by atoms with Gasteiger partial charge in [0.15, 0.2) is 0 Å². The summed E-state index contributed by atoms with van der Waals surface area (Å²) in [5.41, 5.74) is 1.11. The van der Waals surface area contributed by atoms with Crippen LogP contribution in [0, 0.1) is 0 Å². The van der Waals surface area contributed by atoms with Crippen molar-refractivity contribution in [2.24, 2.45) is 0 Å². The third-order valence-electron chi connectivity index (χ3n) is 2.94. The van der Waals surface area contributed by atoms with Crippen LogP contribution in [-0.4, -0.2) is 32.3 Å². The lowest BCUT2D eigenvalue weighted by Crippen LogP contribution is -2.42. The Morgan fingerprint density at radius 2 is 2.16 bits per heavy atom. The molecule has 1 heterocycles. The molecule has 0 spiro atoms. The lowest BCUT2D eigenvalue weighted by molar-refractivity contribution is -0.134. The van der Waals surface area contributed by atoms with Crippen LogP contribution in [0.5, 0.6) is 0 Å². The Morgan fingerprint density at radius 3 is 2.84 bits per heavy atom. The highest BCUT2D eigenvalue weighted by atomic mass is 35.5. The molecule has 1 aliphatic heterocycles. The fraction of sp³-hybridized carbons (Fsp3) is 0.357. The van der Waals surface area contributed by atoms with Crippen molar-refractivity contribution in [1.29, 1.82) is 0 Å². The summed E-state index contributed by atoms with van der Waals surface area (Å²) in [4.78, 5) is 11.1. The van der Waals surface area contributed by atoms with Crippen molar-refractivity contribution in [3.05, 3.63) is 47.0 Å². The van der Waals surface area contributed by atoms with Gasteiger partial charge in [0.2, 0.25) is 0 Å². The number of nitrogens with one attached hydrogen (secondary N) is 1. The lowest BCUT2D eigenvalue weighted by Gasteiger charge is -2.29. The minimum absolute atomic E-state index is 0.00599. The second kappa shape index (κ2) is 6.70. The van der Waals surface area contributed by atoms with E-state index in [1.165, 1.54) is 13.2 Å². The quantitative estimate of drug-likeness (QED) is 0.681. The van der Waals surface area contributed by atoms with E-state index in [1.807, 2.05) is 24.3 Å². The van der Waals surface area contributed by atoms with Gasteiger partial charge in [-0.25, -0.2) is 4.79 Å². The first kappa shape index (κ1) is 14.1. The summed E-state index contributed by atoms with van der Waals surface area (Å²) in [5, 5.41) is 4.12. The number of carbonyl (C=O) groups excluding carboxylic acids is 1. The van der Waals surface area contributed by atoms with Gasteiger partial charge in [0, 0.05) is 17.1 Å². The van der Waals surface area contributed by atoms with E-state index >= 15 is 0 Å². The number of benzene rings is 1. The number of rotatable bonds is 3. The Labute approximate surface area is 117 Å². The predicted octanol–water partition coefficient (Wildman–Crippen LogP) is 2.10. The van der Waals surface area contributed by atoms with E-state index < -0.39 is 0 Å². The first-order valence-electron chi connectivity index (χ1n) is 6.04. The SMILES string of the molecule is COC(=O)C=CC1COCC(c2ccc(Cl)cc2)N1. The number of hydrogen-bond donors (Lipinski definition) is 1. The van der Waals surface area contributed by atoms with Gasteiger partial charge in [-0.1, -0.05) is 29.8 Å². The third kappa shape index (κ3) is 4.06. The Balaban J connectivity index is 1.99. The predicted molar refractivity (Wildman–Crippen MR) is 73.1 cm³/mol. The average Bonchev–Trinajstić information content (AvgIpc) is 2.46. The van der Waals surface area contributed by atoms with Crippen molar-refractivity contribution >= 4 is 17.6 Å². The number of ether oxygens (including phenoxy) is 2. The summed E-state index contributed by atoms with van der Waals surface area (Å²) in [6.45, 7) is 1.14. The normalized spacial score (nSPS) is 23.5. The molecule has 1 aliphatic rings. The van der Waals surface area contributed by atoms with Crippen molar-refractivity contribution in [2.75, 3.05) is 20.3 Å². The molecule has 5 heteroatoms. The monoisotopic (exact) mass is 281 g/mol. The summed E-state index contributed by atoms with van der Waals surface area (Å²) in [5.74, 6) is -0.365. The maximum Gasteiger partial charge on any atom is 0.330 e. The standard InChI is InChI=1S/C14H16ClNO3/c1-18-14(17)7-6-12-8-19-9-13(16-12)10-2-4-11(15)5-3-10/h2-7,12-13,16H,8-9H2,1H3. The van der Waals surface area contributed by atoms with Gasteiger partial charge >= 0.3 is 5.97 Å². The number of esters is 1. The molecule has 1 saturated heterocycles. The van der Waals surface area contributed by atoms with Crippen LogP contribution in [0.1, 0.15) is 11.6 Å². The molecule has 0 saturated carbocycles. The second-order valence-corrected chi connectivity index (χ2v) is 4.73. The Hall–Kier alpha value is -1.36. The number of methoxy groups -OCH3 is 1. The average molecular weight is 282 g/mol. The smallest absolute Gasteiger partial charge is 0.330 e. The zero-order valence-corrected chi connectivity index (χ0v) is 11.4. The molecule has 2 atom stereocenters. The highest BCUT2D eigenvalue weighted by Gasteiger charge is 2.21. The summed E-state index contributed by atoms with van der Waals surface area (Å²) in [6, 6.07) is 7.73. The maximum atomic E-state index is 11.1. The van der Waals surface area contributed by atoms with Crippen LogP contribution in [-0.2, 0) is 14.3 Å². The minimum atomic E-state index is -0.365. The van der Waals surface area contributed by atoms with Crippen LogP contribution in [0.25, 0.3) is 0 Å². The molecule has 0 aliphatic carbocycles. The van der Waals surface area contributed by atoms with E-state index in [0.29, 0.717) is 18.2 Å². The molecule has 0 radical (unpaired) electrons. The lowest BCUT2D eigenvalue weighted by atomic mass is 10.1. The Bertz CT molecular complexity index is 458. The third-order valence-corrected chi connectivity index (χ3v) is 3.19. The topological polar surface area (TPSA) is 47.6 Å². The molecule has 1 aromatic carbocycles. The summed E-state index contributed by atoms with van der Waals surface area (Å²) in [6.07, 6.45) is 3.17. The van der Waals surface area contributed by atoms with Gasteiger partial charge in [-0.3, -0.25) is 5.32 Å². The molecule has 0 bridgehead atoms. The van der Waals surface area contributed by atoms with Crippen molar-refractivity contribution < 1.29 is 14.3 Å². The number of morpholine rings is 1. The van der Waals surface area contributed by atoms with E-state index in [4.69, 9.17) is 16.3 Å². The van der Waals surface area contributed by atoms with E-state index in [1.54, 1.807) is 6.08 Å². The van der Waals surface area contributed by atoms with E-state index in [9.17, 15) is 4.79 Å². The maximum absolute atomic E-state index is 11.1. The van der Waals surface area contributed by atoms with Gasteiger partial charge in [-0.05, 0) is 17.7 Å². The molecular formula is C14H16ClNO3. The molecular weight excluding hydrogens is 266 g/mol. The van der Waals surface area contributed by atoms with Crippen molar-refractivity contribution in [3.8, 4) is 0 Å². The first-order valence-corrected chi connectivity index (χ1v) is 6.42. The fourth-order valence-electron chi connectivity index (χ4n) is 1.93. The van der Waals surface area contributed by atoms with Gasteiger partial charge in [-0.2, -0.15) is 0 Å². The van der Waals surface area contributed by atoms with Crippen molar-refractivity contribution in [1.82, 2.24) is 5.32 Å². The Morgan fingerprint density at radius 1 is 1.42 bits per heavy atom. The van der Waals surface area contributed by atoms with Crippen LogP contribution < -0.4 is 5.32 Å². The van der Waals surface area contributed by atoms with Crippen LogP contribution in [0.3, 0.4) is 0 Å². The van der Waals surface area contributed by atoms with Crippen molar-refractivity contribution in [2.45, 2.75) is 12.1 Å². The molecule has 2 rings (SSSR count). The van der Waals surface area contributed by atoms with E-state index in [2.05, 4.69) is 10.1 Å². The minimum Gasteiger partial charge on any atom is -0.466 e. The van der Waals surface area contributed by atoms with Crippen LogP contribution in [0.4, 0.5) is 0 Å². The van der Waals surface area contributed by atoms with Gasteiger partial charge in [0.05, 0.1) is 26.4 Å². The van der Waals surface area contributed by atoms with Crippen molar-refractivity contribution in [3.63, 3.8) is 0 Å². The Kier molecular flexibility index (Phi) is 4.96. The molecule has 102 valence electrons. The second-order valence-electron chi connectivity index (χ2n) is 4.30. The van der Waals surface area contributed by atoms with Gasteiger partial charge in [-0.15, -0.1) is 0 Å². The molecule has 19 heavy (non-hydrogen) atoms. The molecule has 4 nitrogen and oxygen atoms in total. The summed E-state index contributed by atoms with van der Waals surface area (Å²) in [7, 11) is 1.36. The van der Waals surface area contributed by atoms with Crippen LogP contribution in [0.2, 0.25) is 5.02 Å². The molecule has 1 fully saturated rings. The summed E-state index contributed by atoms with van der Waals surface area (Å²) >= 11 is 5.87. The zero-order valence-electron chi connectivity index (χ0n) is 10.6. The molecule has 0 amide bonds. The molecule has 1 aromatic rings. The van der Waals surface area contributed by atoms with Gasteiger partial charge in [0.25, 0.3) is 0 Å². The van der Waals surface area contributed by atoms with Gasteiger partial charge < -0.3 is 9.47 Å². The fourth-order valence-corrected chi connectivity index (χ4v) is 2.05. The highest BCUT2D eigenvalue weighted by Crippen LogP contribution is 2.20.